The van der Waals surface area contributed by atoms with Crippen molar-refractivity contribution < 1.29 is 28.9 Å². The van der Waals surface area contributed by atoms with Gasteiger partial charge in [-0.2, -0.15) is 0 Å². The average Bonchev–Trinajstić information content (AvgIpc) is 2.15. The molecule has 7 heteroatoms. The van der Waals surface area contributed by atoms with Crippen LogP contribution >= 0.6 is 7.94 Å². The van der Waals surface area contributed by atoms with E-state index in [0.29, 0.717) is 6.61 Å². The molecule has 0 saturated carbocycles. The zero-order chi connectivity index (χ0) is 10.2. The molecule has 0 aliphatic carbocycles. The second kappa shape index (κ2) is 7.58. The molecule has 0 aromatic rings. The van der Waals surface area contributed by atoms with Crippen LogP contribution < -0.4 is 0 Å². The van der Waals surface area contributed by atoms with E-state index in [1.807, 2.05) is 6.92 Å². The van der Waals surface area contributed by atoms with Gasteiger partial charge >= 0.3 is 76.7 Å². The van der Waals surface area contributed by atoms with Crippen molar-refractivity contribution in [2.24, 2.45) is 0 Å². The van der Waals surface area contributed by atoms with E-state index in [0.717, 1.165) is 6.42 Å². The van der Waals surface area contributed by atoms with Crippen LogP contribution in [0.15, 0.2) is 0 Å². The third-order valence-corrected chi connectivity index (χ3v) is 3.46. The van der Waals surface area contributed by atoms with E-state index in [1.54, 1.807) is 0 Å². The van der Waals surface area contributed by atoms with Crippen LogP contribution in [0.25, 0.3) is 0 Å². The van der Waals surface area contributed by atoms with Gasteiger partial charge in [-0.05, 0) is 0 Å². The van der Waals surface area contributed by atoms with E-state index in [2.05, 4.69) is 0 Å². The second-order valence-electron chi connectivity index (χ2n) is 2.24. The maximum atomic E-state index is 8.93. The van der Waals surface area contributed by atoms with Crippen LogP contribution in [0.4, 0.5) is 0 Å². The van der Waals surface area contributed by atoms with Crippen LogP contribution in [-0.2, 0) is 13.6 Å². The minimum atomic E-state index is -3.23. The first-order valence-electron chi connectivity index (χ1n) is 3.99. The zero-order valence-corrected chi connectivity index (χ0v) is 8.60. The number of aliphatic hydroxyl groups excluding tert-OH is 3. The average molecular weight is 216 g/mol. The molecular formula is C6H17O6P. The molecule has 13 heavy (non-hydrogen) atoms. The molecule has 0 fully saturated rings. The van der Waals surface area contributed by atoms with Gasteiger partial charge < -0.3 is 0 Å². The van der Waals surface area contributed by atoms with Gasteiger partial charge in [0.15, 0.2) is 0 Å². The molecule has 0 radical (unpaired) electrons. The van der Waals surface area contributed by atoms with Crippen molar-refractivity contribution >= 4 is 7.94 Å². The van der Waals surface area contributed by atoms with E-state index < -0.39 is 27.9 Å². The summed E-state index contributed by atoms with van der Waals surface area (Å²) in [6.07, 6.45) is 0.270. The van der Waals surface area contributed by atoms with Gasteiger partial charge in [-0.1, -0.05) is 0 Å². The second-order valence-corrected chi connectivity index (χ2v) is 4.78. The fourth-order valence-electron chi connectivity index (χ4n) is 0.716. The summed E-state index contributed by atoms with van der Waals surface area (Å²) < 4.78 is 14.7. The quantitative estimate of drug-likeness (QED) is 0.384. The van der Waals surface area contributed by atoms with E-state index in [4.69, 9.17) is 28.9 Å². The van der Waals surface area contributed by atoms with Crippen LogP contribution in [0.5, 0.6) is 0 Å². The van der Waals surface area contributed by atoms with Gasteiger partial charge in [0.1, 0.15) is 0 Å². The predicted molar refractivity (Wildman–Crippen MR) is 48.0 cm³/mol. The third kappa shape index (κ3) is 4.83. The first-order valence-corrected chi connectivity index (χ1v) is 5.92. The van der Waals surface area contributed by atoms with Gasteiger partial charge in [0.2, 0.25) is 0 Å². The topological polar surface area (TPSA) is 88.4 Å². The van der Waals surface area contributed by atoms with Crippen LogP contribution in [0, 0.1) is 0 Å². The van der Waals surface area contributed by atoms with Gasteiger partial charge in [0.25, 0.3) is 0 Å². The molecule has 0 aliphatic heterocycles. The monoisotopic (exact) mass is 216 g/mol. The van der Waals surface area contributed by atoms with Crippen molar-refractivity contribution in [3.05, 3.63) is 0 Å². The van der Waals surface area contributed by atoms with Crippen molar-refractivity contribution in [1.29, 1.82) is 0 Å². The van der Waals surface area contributed by atoms with Crippen molar-refractivity contribution in [1.82, 2.24) is 0 Å². The van der Waals surface area contributed by atoms with E-state index in [-0.39, 0.29) is 0 Å². The standard InChI is InChI=1S/C6H17O6P/c1-2-3-10-13(6-9,11-4-7)12-5-8/h7-9,13H,2-6H2,1H3. The van der Waals surface area contributed by atoms with Crippen molar-refractivity contribution in [3.8, 4) is 0 Å². The SMILES string of the molecule is CCCO[PH](CO)(OCO)OCO. The van der Waals surface area contributed by atoms with E-state index in [9.17, 15) is 0 Å². The van der Waals surface area contributed by atoms with Gasteiger partial charge in [0, 0.05) is 0 Å². The number of hydrogen-bond donors (Lipinski definition) is 3. The van der Waals surface area contributed by atoms with Gasteiger partial charge in [-0.25, -0.2) is 0 Å². The summed E-state index contributed by atoms with van der Waals surface area (Å²) in [7, 11) is -3.23. The summed E-state index contributed by atoms with van der Waals surface area (Å²) >= 11 is 0. The molecule has 0 spiro atoms. The van der Waals surface area contributed by atoms with Crippen molar-refractivity contribution in [2.45, 2.75) is 13.3 Å². The first-order chi connectivity index (χ1) is 6.24. The Morgan fingerprint density at radius 2 is 1.54 bits per heavy atom. The molecule has 0 heterocycles. The Labute approximate surface area is 77.6 Å². The molecule has 82 valence electrons. The Morgan fingerprint density at radius 3 is 1.85 bits per heavy atom. The third-order valence-electron chi connectivity index (χ3n) is 1.29. The Balaban J connectivity index is 4.07. The Bertz CT molecular complexity index is 116. The fraction of sp³-hybridized carbons (Fsp3) is 1.00. The van der Waals surface area contributed by atoms with Gasteiger partial charge in [0.05, 0.1) is 0 Å². The normalized spacial score (nSPS) is 13.2. The Morgan fingerprint density at radius 1 is 1.00 bits per heavy atom. The predicted octanol–water partition coefficient (Wildman–Crippen LogP) is -0.210. The molecule has 0 amide bonds. The molecule has 0 unspecified atom stereocenters. The van der Waals surface area contributed by atoms with Crippen LogP contribution in [-0.4, -0.2) is 41.9 Å². The maximum absolute atomic E-state index is 8.93. The first kappa shape index (κ1) is 13.2. The van der Waals surface area contributed by atoms with Crippen molar-refractivity contribution in [2.75, 3.05) is 26.5 Å². The molecule has 0 aliphatic rings. The minimum absolute atomic E-state index is 0.354. The van der Waals surface area contributed by atoms with E-state index in [1.165, 1.54) is 0 Å². The molecule has 0 bridgehead atoms. The molecular weight excluding hydrogens is 199 g/mol. The summed E-state index contributed by atoms with van der Waals surface area (Å²) in [6.45, 7) is 1.04. The Kier molecular flexibility index (Phi) is 7.69. The molecule has 0 atom stereocenters. The molecule has 0 saturated heterocycles. The molecule has 3 N–H and O–H groups in total. The molecule has 0 aromatic carbocycles. The summed E-state index contributed by atoms with van der Waals surface area (Å²) in [5.41, 5.74) is 0. The van der Waals surface area contributed by atoms with Gasteiger partial charge in [-0.3, -0.25) is 0 Å². The summed E-state index contributed by atoms with van der Waals surface area (Å²) in [4.78, 5) is 0. The fourth-order valence-corrected chi connectivity index (χ4v) is 2.15. The van der Waals surface area contributed by atoms with Crippen molar-refractivity contribution in [3.63, 3.8) is 0 Å². The summed E-state index contributed by atoms with van der Waals surface area (Å²) in [5, 5.41) is 26.0. The number of aliphatic hydroxyl groups is 3. The number of hydrogen-bond acceptors (Lipinski definition) is 6. The van der Waals surface area contributed by atoms with Crippen LogP contribution in [0.2, 0.25) is 0 Å². The summed E-state index contributed by atoms with van der Waals surface area (Å²) in [5.74, 6) is 0. The summed E-state index contributed by atoms with van der Waals surface area (Å²) in [6, 6.07) is 0. The van der Waals surface area contributed by atoms with Crippen LogP contribution in [0.3, 0.4) is 0 Å². The Hall–Kier alpha value is 0.190. The zero-order valence-electron chi connectivity index (χ0n) is 7.60. The molecule has 0 rings (SSSR count). The van der Waals surface area contributed by atoms with Gasteiger partial charge in [-0.15, -0.1) is 0 Å². The molecule has 0 aromatic heterocycles. The number of rotatable bonds is 8. The van der Waals surface area contributed by atoms with E-state index >= 15 is 0 Å². The van der Waals surface area contributed by atoms with Crippen LogP contribution in [0.1, 0.15) is 13.3 Å². The molecule has 6 nitrogen and oxygen atoms in total.